The Balaban J connectivity index is 0. The molecule has 0 unspecified atom stereocenters. The number of rotatable bonds is 5. The lowest BCUT2D eigenvalue weighted by atomic mass is 10.8. The maximum absolute atomic E-state index is 10.3. The van der Waals surface area contributed by atoms with Crippen molar-refractivity contribution < 1.29 is 28.6 Å². The van der Waals surface area contributed by atoms with Crippen LogP contribution in [0.3, 0.4) is 0 Å². The maximum atomic E-state index is 10.3. The molecule has 0 aromatic rings. The van der Waals surface area contributed by atoms with Gasteiger partial charge in [0.05, 0.1) is 26.9 Å². The second-order valence-corrected chi connectivity index (χ2v) is 2.34. The van der Waals surface area contributed by atoms with E-state index in [1.807, 2.05) is 0 Å². The van der Waals surface area contributed by atoms with Crippen LogP contribution in [0.15, 0.2) is 0 Å². The van der Waals surface area contributed by atoms with Gasteiger partial charge >= 0.3 is 9.17 Å². The van der Waals surface area contributed by atoms with Crippen LogP contribution in [0.5, 0.6) is 0 Å². The van der Waals surface area contributed by atoms with E-state index in [-0.39, 0.29) is 13.2 Å². The molecule has 12 heavy (non-hydrogen) atoms. The van der Waals surface area contributed by atoms with Crippen molar-refractivity contribution in [3.8, 4) is 0 Å². The van der Waals surface area contributed by atoms with Gasteiger partial charge < -0.3 is 19.2 Å². The second-order valence-electron chi connectivity index (χ2n) is 1.38. The van der Waals surface area contributed by atoms with Gasteiger partial charge in [-0.2, -0.15) is 0 Å². The van der Waals surface area contributed by atoms with Crippen LogP contribution >= 0.6 is 0 Å². The standard InChI is InChI=1S/C3H8O4Si.C2H6O2/c1-3-6-8(4)7-5-2;3-1-2-4/h3H2,1-2H3;3-4H,1-2H2. The largest absolute Gasteiger partial charge is 0.801 e. The maximum Gasteiger partial charge on any atom is 0.801 e. The molecule has 7 heteroatoms. The summed E-state index contributed by atoms with van der Waals surface area (Å²) in [6.07, 6.45) is 0. The summed E-state index contributed by atoms with van der Waals surface area (Å²) in [4.78, 5) is 4.06. The van der Waals surface area contributed by atoms with E-state index >= 15 is 0 Å². The van der Waals surface area contributed by atoms with Crippen LogP contribution in [0.4, 0.5) is 0 Å². The molecule has 0 bridgehead atoms. The average molecular weight is 198 g/mol. The Hall–Kier alpha value is -0.503. The van der Waals surface area contributed by atoms with E-state index in [2.05, 4.69) is 13.9 Å². The lowest BCUT2D eigenvalue weighted by Gasteiger charge is -1.95. The number of hydrogen-bond donors (Lipinski definition) is 2. The predicted octanol–water partition coefficient (Wildman–Crippen LogP) is -1.01. The molecule has 0 aliphatic heterocycles. The zero-order chi connectivity index (χ0) is 9.82. The first-order chi connectivity index (χ1) is 5.72. The molecule has 2 N–H and O–H groups in total. The molecule has 0 radical (unpaired) electrons. The van der Waals surface area contributed by atoms with Crippen molar-refractivity contribution in [1.82, 2.24) is 0 Å². The first-order valence-corrected chi connectivity index (χ1v) is 4.54. The predicted molar refractivity (Wildman–Crippen MR) is 40.3 cm³/mol. The summed E-state index contributed by atoms with van der Waals surface area (Å²) >= 11 is 0. The second kappa shape index (κ2) is 13.1. The van der Waals surface area contributed by atoms with E-state index < -0.39 is 9.17 Å². The fraction of sp³-hybridized carbons (Fsp3) is 1.00. The summed E-state index contributed by atoms with van der Waals surface area (Å²) in [5.74, 6) is 0. The van der Waals surface area contributed by atoms with E-state index in [1.165, 1.54) is 7.11 Å². The quantitative estimate of drug-likeness (QED) is 0.334. The Labute approximate surface area is 72.5 Å². The van der Waals surface area contributed by atoms with Crippen molar-refractivity contribution in [2.45, 2.75) is 6.92 Å². The smallest absolute Gasteiger partial charge is 0.495 e. The van der Waals surface area contributed by atoms with Crippen molar-refractivity contribution in [1.29, 1.82) is 0 Å². The fourth-order valence-electron chi connectivity index (χ4n) is 0.210. The van der Waals surface area contributed by atoms with Crippen LogP contribution in [0.1, 0.15) is 6.92 Å². The molecule has 0 atom stereocenters. The molecule has 0 aromatic carbocycles. The zero-order valence-electron chi connectivity index (χ0n) is 7.15. The van der Waals surface area contributed by atoms with Crippen LogP contribution in [-0.4, -0.2) is 46.3 Å². The number of hydrogen-bond acceptors (Lipinski definition) is 6. The first kappa shape index (κ1) is 14.0. The first-order valence-electron chi connectivity index (χ1n) is 3.32. The van der Waals surface area contributed by atoms with Crippen molar-refractivity contribution in [3.63, 3.8) is 0 Å². The van der Waals surface area contributed by atoms with Crippen LogP contribution in [-0.2, 0) is 18.4 Å². The Morgan fingerprint density at radius 3 is 2.08 bits per heavy atom. The van der Waals surface area contributed by atoms with Crippen LogP contribution in [0.2, 0.25) is 0 Å². The molecule has 0 heterocycles. The summed E-state index contributed by atoms with van der Waals surface area (Å²) in [5, 5.41) is 15.2. The van der Waals surface area contributed by atoms with Crippen molar-refractivity contribution >= 4 is 9.17 Å². The zero-order valence-corrected chi connectivity index (χ0v) is 8.15. The van der Waals surface area contributed by atoms with Gasteiger partial charge in [-0.25, -0.2) is 4.89 Å². The Kier molecular flexibility index (Phi) is 15.3. The topological polar surface area (TPSA) is 85.2 Å². The van der Waals surface area contributed by atoms with Crippen LogP contribution in [0.25, 0.3) is 0 Å². The lowest BCUT2D eigenvalue weighted by molar-refractivity contribution is -0.202. The van der Waals surface area contributed by atoms with E-state index in [4.69, 9.17) is 10.2 Å². The number of aliphatic hydroxyl groups is 2. The Bertz CT molecular complexity index is 87.9. The molecule has 6 nitrogen and oxygen atoms in total. The van der Waals surface area contributed by atoms with Gasteiger partial charge in [0.15, 0.2) is 0 Å². The molecular formula is C5H14O6Si. The highest BCUT2D eigenvalue weighted by Crippen LogP contribution is 1.76. The van der Waals surface area contributed by atoms with E-state index in [1.54, 1.807) is 6.92 Å². The van der Waals surface area contributed by atoms with Gasteiger partial charge in [0.2, 0.25) is 0 Å². The molecule has 0 amide bonds. The SMILES string of the molecule is CCO[Si](=O)OOC.OCCO. The molecule has 74 valence electrons. The highest BCUT2D eigenvalue weighted by molar-refractivity contribution is 6.25. The minimum Gasteiger partial charge on any atom is -0.495 e. The average Bonchev–Trinajstić information content (AvgIpc) is 2.06. The van der Waals surface area contributed by atoms with Gasteiger partial charge in [0.25, 0.3) is 0 Å². The highest BCUT2D eigenvalue weighted by Gasteiger charge is 2.08. The summed E-state index contributed by atoms with van der Waals surface area (Å²) < 4.78 is 18.8. The van der Waals surface area contributed by atoms with Crippen molar-refractivity contribution in [2.24, 2.45) is 0 Å². The third-order valence-electron chi connectivity index (χ3n) is 0.514. The molecule has 0 aliphatic carbocycles. The van der Waals surface area contributed by atoms with Crippen LogP contribution in [0, 0.1) is 0 Å². The van der Waals surface area contributed by atoms with Gasteiger partial charge in [-0.3, -0.25) is 4.46 Å². The van der Waals surface area contributed by atoms with E-state index in [9.17, 15) is 4.46 Å². The van der Waals surface area contributed by atoms with E-state index in [0.717, 1.165) is 0 Å². The van der Waals surface area contributed by atoms with Gasteiger partial charge in [0.1, 0.15) is 0 Å². The van der Waals surface area contributed by atoms with E-state index in [0.29, 0.717) is 6.61 Å². The summed E-state index contributed by atoms with van der Waals surface area (Å²) in [6, 6.07) is 0. The number of aliphatic hydroxyl groups excluding tert-OH is 2. The molecule has 0 fully saturated rings. The molecule has 0 saturated carbocycles. The molecule has 0 aliphatic rings. The normalized spacial score (nSPS) is 8.00. The van der Waals surface area contributed by atoms with Gasteiger partial charge in [-0.1, -0.05) is 0 Å². The Morgan fingerprint density at radius 1 is 1.33 bits per heavy atom. The fourth-order valence-corrected chi connectivity index (χ4v) is 0.630. The summed E-state index contributed by atoms with van der Waals surface area (Å²) in [6.45, 7) is 1.85. The van der Waals surface area contributed by atoms with Crippen molar-refractivity contribution in [3.05, 3.63) is 0 Å². The molecule has 0 spiro atoms. The molecule has 0 saturated heterocycles. The molecular weight excluding hydrogens is 184 g/mol. The molecule has 0 aromatic heterocycles. The Morgan fingerprint density at radius 2 is 1.83 bits per heavy atom. The highest BCUT2D eigenvalue weighted by atomic mass is 28.3. The van der Waals surface area contributed by atoms with Gasteiger partial charge in [-0.15, -0.1) is 0 Å². The lowest BCUT2D eigenvalue weighted by Crippen LogP contribution is -2.10. The third kappa shape index (κ3) is 16.2. The molecule has 0 rings (SSSR count). The van der Waals surface area contributed by atoms with Crippen LogP contribution < -0.4 is 0 Å². The van der Waals surface area contributed by atoms with Gasteiger partial charge in [-0.05, 0) is 6.92 Å². The summed E-state index contributed by atoms with van der Waals surface area (Å²) in [5.41, 5.74) is 0. The van der Waals surface area contributed by atoms with Crippen molar-refractivity contribution in [2.75, 3.05) is 26.9 Å². The van der Waals surface area contributed by atoms with Gasteiger partial charge in [0, 0.05) is 0 Å². The minimum absolute atomic E-state index is 0.125. The summed E-state index contributed by atoms with van der Waals surface area (Å²) in [7, 11) is -1.08. The third-order valence-corrected chi connectivity index (χ3v) is 1.34. The monoisotopic (exact) mass is 198 g/mol. The minimum atomic E-state index is -2.36.